The zero-order chi connectivity index (χ0) is 23.0. The Morgan fingerprint density at radius 2 is 1.52 bits per heavy atom. The van der Waals surface area contributed by atoms with Crippen LogP contribution in [0.4, 0.5) is 40.3 Å². The average molecular weight is 469 g/mol. The van der Waals surface area contributed by atoms with Crippen molar-refractivity contribution in [3.63, 3.8) is 0 Å². The highest BCUT2D eigenvalue weighted by atomic mass is 32.1. The molecule has 0 aliphatic carbocycles. The number of halogens is 8. The molecule has 31 heavy (non-hydrogen) atoms. The number of carbonyl (C=O) groups is 1. The molecule has 0 aliphatic heterocycles. The summed E-state index contributed by atoms with van der Waals surface area (Å²) in [6.45, 7) is 0. The first-order valence-corrected chi connectivity index (χ1v) is 8.66. The van der Waals surface area contributed by atoms with Crippen molar-refractivity contribution in [2.45, 2.75) is 12.4 Å². The molecule has 2 aromatic carbocycles. The van der Waals surface area contributed by atoms with Gasteiger partial charge in [-0.1, -0.05) is 0 Å². The summed E-state index contributed by atoms with van der Waals surface area (Å²) in [4.78, 5) is 15.6. The summed E-state index contributed by atoms with van der Waals surface area (Å²) >= 11 is 0.750. The molecule has 0 saturated heterocycles. The average Bonchev–Trinajstić information content (AvgIpc) is 3.15. The molecule has 0 aliphatic rings. The van der Waals surface area contributed by atoms with Crippen LogP contribution in [0.15, 0.2) is 36.7 Å². The molecule has 14 heteroatoms. The molecule has 0 unspecified atom stereocenters. The Labute approximate surface area is 171 Å². The van der Waals surface area contributed by atoms with Gasteiger partial charge in [0.1, 0.15) is 17.9 Å². The van der Waals surface area contributed by atoms with E-state index in [-0.39, 0.29) is 23.3 Å². The lowest BCUT2D eigenvalue weighted by Crippen LogP contribution is -2.14. The molecular weight excluding hydrogens is 462 g/mol. The lowest BCUT2D eigenvalue weighted by molar-refractivity contribution is -0.143. The normalized spacial score (nSPS) is 12.0. The number of rotatable bonds is 4. The fourth-order valence-corrected chi connectivity index (χ4v) is 2.71. The molecule has 0 spiro atoms. The Balaban J connectivity index is 1.94. The highest BCUT2D eigenvalue weighted by molar-refractivity contribution is 7.09. The zero-order valence-corrected chi connectivity index (χ0v) is 15.4. The third kappa shape index (κ3) is 5.25. The molecule has 1 N–H and O–H groups in total. The second-order valence-electron chi connectivity index (χ2n) is 5.81. The molecule has 0 saturated carbocycles. The van der Waals surface area contributed by atoms with Gasteiger partial charge in [0, 0.05) is 17.6 Å². The molecule has 1 heterocycles. The zero-order valence-electron chi connectivity index (χ0n) is 14.6. The number of hydrogen-bond acceptors (Lipinski definition) is 5. The smallest absolute Gasteiger partial charge is 0.416 e. The minimum atomic E-state index is -5.16. The van der Waals surface area contributed by atoms with Gasteiger partial charge in [0.15, 0.2) is 11.6 Å². The fraction of sp³-hybridized carbons (Fsp3) is 0.118. The van der Waals surface area contributed by atoms with Gasteiger partial charge in [0.05, 0.1) is 16.7 Å². The number of nitrogens with one attached hydrogen (secondary N) is 1. The maximum atomic E-state index is 14.3. The number of ether oxygens (including phenoxy) is 1. The number of carbonyl (C=O) groups excluding carboxylic acids is 1. The Kier molecular flexibility index (Phi) is 5.85. The van der Waals surface area contributed by atoms with E-state index in [0.717, 1.165) is 17.9 Å². The summed E-state index contributed by atoms with van der Waals surface area (Å²) < 4.78 is 114. The van der Waals surface area contributed by atoms with Crippen molar-refractivity contribution >= 4 is 22.6 Å². The Morgan fingerprint density at radius 3 is 2.03 bits per heavy atom. The van der Waals surface area contributed by atoms with Crippen molar-refractivity contribution < 1.29 is 44.7 Å². The van der Waals surface area contributed by atoms with E-state index in [1.165, 1.54) is 0 Å². The Hall–Kier alpha value is -3.29. The van der Waals surface area contributed by atoms with Gasteiger partial charge < -0.3 is 4.74 Å². The van der Waals surface area contributed by atoms with Crippen molar-refractivity contribution in [1.29, 1.82) is 0 Å². The van der Waals surface area contributed by atoms with Gasteiger partial charge in [-0.25, -0.2) is 13.8 Å². The monoisotopic (exact) mass is 469 g/mol. The molecule has 3 rings (SSSR count). The number of benzene rings is 2. The van der Waals surface area contributed by atoms with Crippen LogP contribution >= 0.6 is 11.5 Å². The number of amides is 1. The van der Waals surface area contributed by atoms with Gasteiger partial charge in [-0.05, 0) is 24.3 Å². The number of hydrogen-bond donors (Lipinski definition) is 1. The first-order chi connectivity index (χ1) is 14.3. The number of anilines is 1. The largest absolute Gasteiger partial charge is 0.454 e. The second kappa shape index (κ2) is 8.09. The van der Waals surface area contributed by atoms with E-state index in [1.807, 2.05) is 0 Å². The van der Waals surface area contributed by atoms with Crippen LogP contribution in [0.2, 0.25) is 0 Å². The molecule has 0 radical (unpaired) electrons. The molecule has 1 amide bonds. The predicted octanol–water partition coefficient (Wildman–Crippen LogP) is 5.90. The number of aromatic nitrogens is 2. The lowest BCUT2D eigenvalue weighted by atomic mass is 10.1. The predicted molar refractivity (Wildman–Crippen MR) is 90.7 cm³/mol. The standard InChI is InChI=1S/C17H7F8N3O2S/c18-11-5-13(12(19)4-10(11)14(29)28-15-26-6-27-31-15)30-9-2-7(16(20,21)22)1-8(3-9)17(23,24)25/h1-6H,(H,26,27,28,29). The van der Waals surface area contributed by atoms with Crippen LogP contribution in [-0.2, 0) is 12.4 Å². The molecule has 0 bridgehead atoms. The summed E-state index contributed by atoms with van der Waals surface area (Å²) in [6, 6.07) is 0.938. The summed E-state index contributed by atoms with van der Waals surface area (Å²) in [5.41, 5.74) is -4.21. The highest BCUT2D eigenvalue weighted by Crippen LogP contribution is 2.39. The van der Waals surface area contributed by atoms with Gasteiger partial charge in [0.25, 0.3) is 5.91 Å². The van der Waals surface area contributed by atoms with Crippen LogP contribution in [0.3, 0.4) is 0 Å². The quantitative estimate of drug-likeness (QED) is 0.484. The summed E-state index contributed by atoms with van der Waals surface area (Å²) in [6.07, 6.45) is -9.22. The van der Waals surface area contributed by atoms with Crippen LogP contribution in [0.1, 0.15) is 21.5 Å². The lowest BCUT2D eigenvalue weighted by Gasteiger charge is -2.15. The first-order valence-electron chi connectivity index (χ1n) is 7.89. The maximum Gasteiger partial charge on any atom is 0.416 e. The van der Waals surface area contributed by atoms with Crippen molar-refractivity contribution in [3.05, 3.63) is 65.0 Å². The highest BCUT2D eigenvalue weighted by Gasteiger charge is 2.37. The molecule has 1 aromatic heterocycles. The maximum absolute atomic E-state index is 14.3. The van der Waals surface area contributed by atoms with E-state index in [2.05, 4.69) is 14.7 Å². The topological polar surface area (TPSA) is 64.1 Å². The van der Waals surface area contributed by atoms with Gasteiger partial charge in [-0.3, -0.25) is 10.1 Å². The van der Waals surface area contributed by atoms with Crippen molar-refractivity contribution in [2.24, 2.45) is 0 Å². The fourth-order valence-electron chi connectivity index (χ4n) is 2.29. The van der Waals surface area contributed by atoms with Crippen molar-refractivity contribution in [2.75, 3.05) is 5.32 Å². The molecule has 0 fully saturated rings. The van der Waals surface area contributed by atoms with Gasteiger partial charge in [0.2, 0.25) is 5.13 Å². The van der Waals surface area contributed by atoms with Crippen LogP contribution in [-0.4, -0.2) is 15.3 Å². The third-order valence-corrected chi connectivity index (χ3v) is 4.22. The van der Waals surface area contributed by atoms with Crippen molar-refractivity contribution in [1.82, 2.24) is 9.36 Å². The Bertz CT molecular complexity index is 1080. The number of alkyl halides is 6. The van der Waals surface area contributed by atoms with E-state index in [0.29, 0.717) is 12.1 Å². The SMILES string of the molecule is O=C(Nc1ncns1)c1cc(F)c(Oc2cc(C(F)(F)F)cc(C(F)(F)F)c2)cc1F. The van der Waals surface area contributed by atoms with Crippen LogP contribution in [0, 0.1) is 11.6 Å². The molecule has 164 valence electrons. The van der Waals surface area contributed by atoms with Gasteiger partial charge in [-0.15, -0.1) is 0 Å². The third-order valence-electron chi connectivity index (χ3n) is 3.64. The van der Waals surface area contributed by atoms with E-state index >= 15 is 0 Å². The number of nitrogens with zero attached hydrogens (tertiary/aromatic N) is 2. The summed E-state index contributed by atoms with van der Waals surface area (Å²) in [7, 11) is 0. The van der Waals surface area contributed by atoms with Crippen molar-refractivity contribution in [3.8, 4) is 11.5 Å². The van der Waals surface area contributed by atoms with Gasteiger partial charge >= 0.3 is 12.4 Å². The van der Waals surface area contributed by atoms with Gasteiger partial charge in [-0.2, -0.15) is 30.7 Å². The molecule has 0 atom stereocenters. The van der Waals surface area contributed by atoms with Crippen LogP contribution < -0.4 is 10.1 Å². The molecule has 5 nitrogen and oxygen atoms in total. The Morgan fingerprint density at radius 1 is 0.903 bits per heavy atom. The first kappa shape index (κ1) is 22.4. The summed E-state index contributed by atoms with van der Waals surface area (Å²) in [5.74, 6) is -5.93. The van der Waals surface area contributed by atoms with E-state index < -0.39 is 58.1 Å². The summed E-state index contributed by atoms with van der Waals surface area (Å²) in [5, 5.41) is 2.11. The second-order valence-corrected chi connectivity index (χ2v) is 6.59. The van der Waals surface area contributed by atoms with Crippen LogP contribution in [0.25, 0.3) is 0 Å². The molecular formula is C17H7F8N3O2S. The minimum Gasteiger partial charge on any atom is -0.454 e. The van der Waals surface area contributed by atoms with E-state index in [4.69, 9.17) is 4.74 Å². The molecule has 3 aromatic rings. The van der Waals surface area contributed by atoms with E-state index in [9.17, 15) is 39.9 Å². The van der Waals surface area contributed by atoms with Crippen LogP contribution in [0.5, 0.6) is 11.5 Å². The van der Waals surface area contributed by atoms with E-state index in [1.54, 1.807) is 0 Å². The minimum absolute atomic E-state index is 0.0196.